The molecule has 0 aliphatic carbocycles. The number of unbranched alkanes of at least 4 members (excludes halogenated alkanes) is 2. The van der Waals surface area contributed by atoms with E-state index in [4.69, 9.17) is 0 Å². The molecule has 0 nitrogen and oxygen atoms in total. The van der Waals surface area contributed by atoms with Gasteiger partial charge in [-0.2, -0.15) is 13.2 Å². The first kappa shape index (κ1) is 13.1. The molecule has 1 aromatic carbocycles. The smallest absolute Gasteiger partial charge is 0.171 e. The van der Waals surface area contributed by atoms with Gasteiger partial charge < -0.3 is 0 Å². The maximum Gasteiger partial charge on any atom is 0.389 e. The van der Waals surface area contributed by atoms with Crippen LogP contribution < -0.4 is 0 Å². The van der Waals surface area contributed by atoms with Gasteiger partial charge in [0.05, 0.1) is 0 Å². The molecular formula is C13H17F3. The van der Waals surface area contributed by atoms with Gasteiger partial charge >= 0.3 is 6.18 Å². The largest absolute Gasteiger partial charge is 0.389 e. The molecular weight excluding hydrogens is 213 g/mol. The van der Waals surface area contributed by atoms with E-state index in [0.29, 0.717) is 6.42 Å². The number of benzene rings is 1. The Balaban J connectivity index is 2.19. The van der Waals surface area contributed by atoms with Gasteiger partial charge in [0, 0.05) is 6.42 Å². The van der Waals surface area contributed by atoms with Crippen LogP contribution in [0.3, 0.4) is 0 Å². The molecule has 0 saturated heterocycles. The van der Waals surface area contributed by atoms with Crippen LogP contribution in [-0.2, 0) is 6.42 Å². The van der Waals surface area contributed by atoms with Gasteiger partial charge in [0.15, 0.2) is 0 Å². The lowest BCUT2D eigenvalue weighted by Gasteiger charge is -2.07. The first-order valence-corrected chi connectivity index (χ1v) is 5.60. The summed E-state index contributed by atoms with van der Waals surface area (Å²) in [6.07, 6.45) is -2.04. The molecule has 0 unspecified atom stereocenters. The van der Waals surface area contributed by atoms with Gasteiger partial charge in [-0.1, -0.05) is 30.7 Å². The van der Waals surface area contributed by atoms with Crippen LogP contribution in [0.5, 0.6) is 0 Å². The molecule has 0 aromatic heterocycles. The number of aryl methyl sites for hydroxylation is 2. The van der Waals surface area contributed by atoms with Crippen molar-refractivity contribution in [1.29, 1.82) is 0 Å². The standard InChI is InChI=1S/C13H17F3/c1-11-7-4-5-9-12(11)8-3-2-6-10-13(14,15)16/h4-5,7,9H,2-3,6,8,10H2,1H3. The molecule has 0 amide bonds. The minimum atomic E-state index is -4.00. The summed E-state index contributed by atoms with van der Waals surface area (Å²) in [7, 11) is 0. The van der Waals surface area contributed by atoms with Gasteiger partial charge in [-0.25, -0.2) is 0 Å². The Hall–Kier alpha value is -0.990. The van der Waals surface area contributed by atoms with Crippen molar-refractivity contribution in [2.45, 2.75) is 45.2 Å². The minimum Gasteiger partial charge on any atom is -0.171 e. The van der Waals surface area contributed by atoms with E-state index in [1.165, 1.54) is 11.1 Å². The summed E-state index contributed by atoms with van der Waals surface area (Å²) in [6.45, 7) is 2.03. The third-order valence-electron chi connectivity index (χ3n) is 2.67. The van der Waals surface area contributed by atoms with Crippen LogP contribution in [0.2, 0.25) is 0 Å². The van der Waals surface area contributed by atoms with Crippen LogP contribution in [0.4, 0.5) is 13.2 Å². The van der Waals surface area contributed by atoms with E-state index in [-0.39, 0.29) is 6.42 Å². The van der Waals surface area contributed by atoms with Crippen LogP contribution in [0.1, 0.15) is 36.8 Å². The lowest BCUT2D eigenvalue weighted by atomic mass is 10.0. The monoisotopic (exact) mass is 230 g/mol. The molecule has 3 heteroatoms. The van der Waals surface area contributed by atoms with E-state index in [0.717, 1.165) is 12.8 Å². The molecule has 0 saturated carbocycles. The third-order valence-corrected chi connectivity index (χ3v) is 2.67. The van der Waals surface area contributed by atoms with Gasteiger partial charge in [0.2, 0.25) is 0 Å². The highest BCUT2D eigenvalue weighted by Gasteiger charge is 2.25. The number of halogens is 3. The fourth-order valence-electron chi connectivity index (χ4n) is 1.71. The minimum absolute atomic E-state index is 0.245. The van der Waals surface area contributed by atoms with Crippen molar-refractivity contribution in [1.82, 2.24) is 0 Å². The van der Waals surface area contributed by atoms with E-state index in [2.05, 4.69) is 0 Å². The zero-order valence-corrected chi connectivity index (χ0v) is 9.48. The van der Waals surface area contributed by atoms with Crippen LogP contribution in [0.25, 0.3) is 0 Å². The highest BCUT2D eigenvalue weighted by Crippen LogP contribution is 2.23. The number of hydrogen-bond donors (Lipinski definition) is 0. The molecule has 0 radical (unpaired) electrons. The predicted octanol–water partition coefficient (Wildman–Crippen LogP) is 4.66. The average Bonchev–Trinajstić information content (AvgIpc) is 2.18. The summed E-state index contributed by atoms with van der Waals surface area (Å²) in [5.74, 6) is 0. The Morgan fingerprint density at radius 1 is 1.00 bits per heavy atom. The normalized spacial score (nSPS) is 11.8. The van der Waals surface area contributed by atoms with Gasteiger partial charge in [0.25, 0.3) is 0 Å². The van der Waals surface area contributed by atoms with Crippen molar-refractivity contribution in [3.8, 4) is 0 Å². The van der Waals surface area contributed by atoms with Gasteiger partial charge in [-0.15, -0.1) is 0 Å². The van der Waals surface area contributed by atoms with Crippen molar-refractivity contribution in [3.63, 3.8) is 0 Å². The quantitative estimate of drug-likeness (QED) is 0.645. The van der Waals surface area contributed by atoms with Gasteiger partial charge in [0.1, 0.15) is 0 Å². The second-order valence-electron chi connectivity index (χ2n) is 4.10. The molecule has 0 N–H and O–H groups in total. The van der Waals surface area contributed by atoms with Crippen LogP contribution in [0.15, 0.2) is 24.3 Å². The summed E-state index contributed by atoms with van der Waals surface area (Å²) >= 11 is 0. The Morgan fingerprint density at radius 3 is 2.31 bits per heavy atom. The first-order valence-electron chi connectivity index (χ1n) is 5.60. The summed E-state index contributed by atoms with van der Waals surface area (Å²) in [5, 5.41) is 0. The zero-order chi connectivity index (χ0) is 12.0. The highest BCUT2D eigenvalue weighted by atomic mass is 19.4. The Kier molecular flexibility index (Phi) is 4.84. The summed E-state index contributed by atoms with van der Waals surface area (Å²) in [5.41, 5.74) is 2.47. The molecule has 0 atom stereocenters. The molecule has 0 spiro atoms. The molecule has 0 heterocycles. The Labute approximate surface area is 94.5 Å². The van der Waals surface area contributed by atoms with E-state index in [1.54, 1.807) is 0 Å². The number of hydrogen-bond acceptors (Lipinski definition) is 0. The Bertz CT molecular complexity index is 315. The van der Waals surface area contributed by atoms with Crippen LogP contribution in [-0.4, -0.2) is 6.18 Å². The molecule has 90 valence electrons. The number of alkyl halides is 3. The van der Waals surface area contributed by atoms with Gasteiger partial charge in [-0.05, 0) is 37.3 Å². The van der Waals surface area contributed by atoms with E-state index in [9.17, 15) is 13.2 Å². The zero-order valence-electron chi connectivity index (χ0n) is 9.48. The van der Waals surface area contributed by atoms with Crippen molar-refractivity contribution in [2.75, 3.05) is 0 Å². The molecule has 16 heavy (non-hydrogen) atoms. The predicted molar refractivity (Wildman–Crippen MR) is 59.4 cm³/mol. The van der Waals surface area contributed by atoms with Crippen LogP contribution >= 0.6 is 0 Å². The average molecular weight is 230 g/mol. The molecule has 0 bridgehead atoms. The van der Waals surface area contributed by atoms with E-state index in [1.807, 2.05) is 31.2 Å². The van der Waals surface area contributed by atoms with E-state index < -0.39 is 12.6 Å². The topological polar surface area (TPSA) is 0 Å². The second-order valence-corrected chi connectivity index (χ2v) is 4.10. The first-order chi connectivity index (χ1) is 7.49. The molecule has 0 aliphatic rings. The fraction of sp³-hybridized carbons (Fsp3) is 0.538. The maximum absolute atomic E-state index is 11.9. The number of rotatable bonds is 5. The van der Waals surface area contributed by atoms with Crippen molar-refractivity contribution >= 4 is 0 Å². The molecule has 1 rings (SSSR count). The molecule has 0 aliphatic heterocycles. The second kappa shape index (κ2) is 5.92. The summed E-state index contributed by atoms with van der Waals surface area (Å²) in [6, 6.07) is 8.02. The van der Waals surface area contributed by atoms with Crippen LogP contribution in [0, 0.1) is 6.92 Å². The summed E-state index contributed by atoms with van der Waals surface area (Å²) < 4.78 is 35.6. The van der Waals surface area contributed by atoms with Crippen molar-refractivity contribution < 1.29 is 13.2 Å². The highest BCUT2D eigenvalue weighted by molar-refractivity contribution is 5.25. The van der Waals surface area contributed by atoms with Crippen molar-refractivity contribution in [2.24, 2.45) is 0 Å². The molecule has 0 fully saturated rings. The summed E-state index contributed by atoms with van der Waals surface area (Å²) in [4.78, 5) is 0. The SMILES string of the molecule is Cc1ccccc1CCCCCC(F)(F)F. The van der Waals surface area contributed by atoms with Gasteiger partial charge in [-0.3, -0.25) is 0 Å². The molecule has 1 aromatic rings. The maximum atomic E-state index is 11.9. The fourth-order valence-corrected chi connectivity index (χ4v) is 1.71. The Morgan fingerprint density at radius 2 is 1.69 bits per heavy atom. The lowest BCUT2D eigenvalue weighted by Crippen LogP contribution is -2.06. The van der Waals surface area contributed by atoms with Crippen molar-refractivity contribution in [3.05, 3.63) is 35.4 Å². The van der Waals surface area contributed by atoms with E-state index >= 15 is 0 Å². The lowest BCUT2D eigenvalue weighted by molar-refractivity contribution is -0.135. The third kappa shape index (κ3) is 5.19.